The van der Waals surface area contributed by atoms with Gasteiger partial charge in [0.25, 0.3) is 0 Å². The van der Waals surface area contributed by atoms with E-state index in [1.54, 1.807) is 0 Å². The lowest BCUT2D eigenvalue weighted by molar-refractivity contribution is 0.544. The molecule has 3 N–H and O–H groups in total. The molecule has 0 amide bonds. The van der Waals surface area contributed by atoms with Crippen LogP contribution in [0.15, 0.2) is 11.4 Å². The first-order chi connectivity index (χ1) is 6.27. The first kappa shape index (κ1) is 7.97. The van der Waals surface area contributed by atoms with Crippen LogP contribution in [-0.4, -0.2) is 12.6 Å². The Morgan fingerprint density at radius 3 is 3.00 bits per heavy atom. The molecule has 70 valence electrons. The van der Waals surface area contributed by atoms with Crippen molar-refractivity contribution in [2.75, 3.05) is 6.54 Å². The molecule has 1 aromatic rings. The number of hydrogen-bond acceptors (Lipinski definition) is 3. The maximum Gasteiger partial charge on any atom is 0.0462 e. The average Bonchev–Trinajstić information content (AvgIpc) is 2.58. The van der Waals surface area contributed by atoms with E-state index in [4.69, 9.17) is 5.73 Å². The number of hydrogen-bond donors (Lipinski definition) is 2. The van der Waals surface area contributed by atoms with E-state index in [1.807, 2.05) is 11.3 Å². The number of piperidine rings is 1. The van der Waals surface area contributed by atoms with Crippen molar-refractivity contribution in [2.24, 2.45) is 17.6 Å². The van der Waals surface area contributed by atoms with Gasteiger partial charge in [-0.2, -0.15) is 0 Å². The van der Waals surface area contributed by atoms with Gasteiger partial charge < -0.3 is 11.1 Å². The summed E-state index contributed by atoms with van der Waals surface area (Å²) in [5.74, 6) is 1.48. The Bertz CT molecular complexity index is 333. The number of rotatable bonds is 1. The highest BCUT2D eigenvalue weighted by atomic mass is 32.1. The van der Waals surface area contributed by atoms with E-state index in [9.17, 15) is 0 Å². The van der Waals surface area contributed by atoms with E-state index < -0.39 is 0 Å². The zero-order valence-corrected chi connectivity index (χ0v) is 8.47. The van der Waals surface area contributed by atoms with Gasteiger partial charge in [0.1, 0.15) is 0 Å². The highest BCUT2D eigenvalue weighted by Gasteiger charge is 2.56. The fraction of sp³-hybridized carbons (Fsp3) is 0.600. The molecule has 1 saturated heterocycles. The van der Waals surface area contributed by atoms with Gasteiger partial charge in [0.15, 0.2) is 0 Å². The minimum atomic E-state index is 0.466. The normalized spacial score (nSPS) is 42.0. The summed E-state index contributed by atoms with van der Waals surface area (Å²) < 4.78 is 0. The predicted octanol–water partition coefficient (Wildman–Crippen LogP) is 1.27. The van der Waals surface area contributed by atoms with Crippen molar-refractivity contribution in [3.8, 4) is 0 Å². The lowest BCUT2D eigenvalue weighted by Gasteiger charge is -2.12. The molecule has 3 rings (SSSR count). The molecular weight excluding hydrogens is 180 g/mol. The van der Waals surface area contributed by atoms with Crippen LogP contribution < -0.4 is 11.1 Å². The summed E-state index contributed by atoms with van der Waals surface area (Å²) in [6, 6.07) is 3.31. The Kier molecular flexibility index (Phi) is 1.57. The molecule has 3 heteroatoms. The summed E-state index contributed by atoms with van der Waals surface area (Å²) in [6.45, 7) is 3.27. The van der Waals surface area contributed by atoms with Gasteiger partial charge >= 0.3 is 0 Å². The molecular formula is C10H14N2S. The molecule has 2 heterocycles. The monoisotopic (exact) mass is 194 g/mol. The van der Waals surface area contributed by atoms with Crippen LogP contribution in [0, 0.1) is 18.8 Å². The Morgan fingerprint density at radius 2 is 2.46 bits per heavy atom. The maximum atomic E-state index is 5.97. The summed E-state index contributed by atoms with van der Waals surface area (Å²) in [7, 11) is 0. The van der Waals surface area contributed by atoms with E-state index in [0.29, 0.717) is 12.1 Å². The molecule has 1 aliphatic carbocycles. The minimum absolute atomic E-state index is 0.466. The van der Waals surface area contributed by atoms with Crippen LogP contribution in [0.5, 0.6) is 0 Å². The van der Waals surface area contributed by atoms with Crippen LogP contribution in [-0.2, 0) is 0 Å². The van der Waals surface area contributed by atoms with Gasteiger partial charge in [0.2, 0.25) is 0 Å². The molecule has 2 aliphatic rings. The van der Waals surface area contributed by atoms with Gasteiger partial charge in [-0.15, -0.1) is 11.3 Å². The van der Waals surface area contributed by atoms with Gasteiger partial charge in [-0.25, -0.2) is 0 Å². The summed E-state index contributed by atoms with van der Waals surface area (Å²) in [5, 5.41) is 5.77. The average molecular weight is 194 g/mol. The molecule has 2 nitrogen and oxygen atoms in total. The van der Waals surface area contributed by atoms with E-state index in [-0.39, 0.29) is 0 Å². The SMILES string of the molecule is Cc1csc(C2NCC3C(N)C23)c1. The number of nitrogens with two attached hydrogens (primary N) is 1. The summed E-state index contributed by atoms with van der Waals surface area (Å²) in [4.78, 5) is 1.47. The molecule has 0 radical (unpaired) electrons. The zero-order chi connectivity index (χ0) is 9.00. The molecule has 4 unspecified atom stereocenters. The molecule has 0 bridgehead atoms. The van der Waals surface area contributed by atoms with Crippen molar-refractivity contribution in [3.63, 3.8) is 0 Å². The van der Waals surface area contributed by atoms with Crippen molar-refractivity contribution in [1.29, 1.82) is 0 Å². The Labute approximate surface area is 82.1 Å². The smallest absolute Gasteiger partial charge is 0.0462 e. The number of nitrogens with one attached hydrogen (secondary N) is 1. The van der Waals surface area contributed by atoms with Crippen LogP contribution in [0.2, 0.25) is 0 Å². The molecule has 1 aliphatic heterocycles. The van der Waals surface area contributed by atoms with Gasteiger partial charge in [0.05, 0.1) is 0 Å². The third-order valence-electron chi connectivity index (χ3n) is 3.31. The van der Waals surface area contributed by atoms with Crippen molar-refractivity contribution in [2.45, 2.75) is 19.0 Å². The topological polar surface area (TPSA) is 38.0 Å². The Morgan fingerprint density at radius 1 is 1.62 bits per heavy atom. The number of thiophene rings is 1. The lowest BCUT2D eigenvalue weighted by atomic mass is 10.1. The number of aryl methyl sites for hydroxylation is 1. The molecule has 1 aromatic heterocycles. The third kappa shape index (κ3) is 1.08. The van der Waals surface area contributed by atoms with E-state index in [1.165, 1.54) is 10.4 Å². The molecule has 0 aromatic carbocycles. The van der Waals surface area contributed by atoms with Crippen molar-refractivity contribution in [1.82, 2.24) is 5.32 Å². The maximum absolute atomic E-state index is 5.97. The van der Waals surface area contributed by atoms with Crippen LogP contribution in [0.1, 0.15) is 16.5 Å². The number of fused-ring (bicyclic) bond motifs is 1. The fourth-order valence-corrected chi connectivity index (χ4v) is 3.51. The highest BCUT2D eigenvalue weighted by Crippen LogP contribution is 2.51. The van der Waals surface area contributed by atoms with Gasteiger partial charge in [-0.3, -0.25) is 0 Å². The second-order valence-electron chi connectivity index (χ2n) is 4.23. The van der Waals surface area contributed by atoms with Crippen LogP contribution >= 0.6 is 11.3 Å². The standard InChI is InChI=1S/C10H14N2S/c1-5-2-7(13-4-5)10-8-6(3-12-10)9(8)11/h2,4,6,8-10,12H,3,11H2,1H3. The van der Waals surface area contributed by atoms with E-state index >= 15 is 0 Å². The van der Waals surface area contributed by atoms with Gasteiger partial charge in [-0.05, 0) is 29.9 Å². The molecule has 1 saturated carbocycles. The van der Waals surface area contributed by atoms with Crippen molar-refractivity contribution < 1.29 is 0 Å². The van der Waals surface area contributed by atoms with Crippen molar-refractivity contribution in [3.05, 3.63) is 21.9 Å². The Hall–Kier alpha value is -0.380. The predicted molar refractivity (Wildman–Crippen MR) is 54.8 cm³/mol. The molecule has 0 spiro atoms. The second kappa shape index (κ2) is 2.56. The highest BCUT2D eigenvalue weighted by molar-refractivity contribution is 7.10. The first-order valence-corrected chi connectivity index (χ1v) is 5.69. The summed E-state index contributed by atoms with van der Waals surface area (Å²) in [5.41, 5.74) is 7.35. The molecule has 4 atom stereocenters. The minimum Gasteiger partial charge on any atom is -0.327 e. The van der Waals surface area contributed by atoms with Crippen molar-refractivity contribution >= 4 is 11.3 Å². The van der Waals surface area contributed by atoms with E-state index in [2.05, 4.69) is 23.7 Å². The zero-order valence-electron chi connectivity index (χ0n) is 7.66. The summed E-state index contributed by atoms with van der Waals surface area (Å²) >= 11 is 1.86. The molecule has 2 fully saturated rings. The van der Waals surface area contributed by atoms with Crippen LogP contribution in [0.25, 0.3) is 0 Å². The third-order valence-corrected chi connectivity index (χ3v) is 4.44. The van der Waals surface area contributed by atoms with Crippen LogP contribution in [0.3, 0.4) is 0 Å². The second-order valence-corrected chi connectivity index (χ2v) is 5.17. The fourth-order valence-electron chi connectivity index (χ4n) is 2.48. The lowest BCUT2D eigenvalue weighted by Crippen LogP contribution is -2.25. The molecule has 13 heavy (non-hydrogen) atoms. The first-order valence-electron chi connectivity index (χ1n) is 4.81. The summed E-state index contributed by atoms with van der Waals surface area (Å²) in [6.07, 6.45) is 0. The largest absolute Gasteiger partial charge is 0.327 e. The van der Waals surface area contributed by atoms with Gasteiger partial charge in [0, 0.05) is 29.4 Å². The van der Waals surface area contributed by atoms with Gasteiger partial charge in [-0.1, -0.05) is 0 Å². The van der Waals surface area contributed by atoms with Crippen LogP contribution in [0.4, 0.5) is 0 Å². The van der Waals surface area contributed by atoms with E-state index in [0.717, 1.165) is 18.4 Å². The quantitative estimate of drug-likeness (QED) is 0.706. The Balaban J connectivity index is 1.86.